The second-order valence-corrected chi connectivity index (χ2v) is 7.82. The number of benzene rings is 1. The second kappa shape index (κ2) is 7.04. The van der Waals surface area contributed by atoms with E-state index in [0.29, 0.717) is 19.6 Å². The summed E-state index contributed by atoms with van der Waals surface area (Å²) in [6.07, 6.45) is 0.807. The van der Waals surface area contributed by atoms with E-state index < -0.39 is 9.84 Å². The summed E-state index contributed by atoms with van der Waals surface area (Å²) >= 11 is 0. The van der Waals surface area contributed by atoms with Crippen LogP contribution in [0.5, 0.6) is 0 Å². The maximum atomic E-state index is 11.8. The van der Waals surface area contributed by atoms with Gasteiger partial charge in [0.05, 0.1) is 18.1 Å². The number of hydrogen-bond donors (Lipinski definition) is 1. The molecule has 116 valence electrons. The summed E-state index contributed by atoms with van der Waals surface area (Å²) in [6, 6.07) is 8.23. The van der Waals surface area contributed by atoms with E-state index in [1.54, 1.807) is 0 Å². The van der Waals surface area contributed by atoms with Crippen LogP contribution in [0.3, 0.4) is 0 Å². The molecule has 1 aromatic rings. The summed E-state index contributed by atoms with van der Waals surface area (Å²) in [5, 5.41) is 2.89. The fraction of sp³-hybridized carbons (Fsp3) is 0.533. The van der Waals surface area contributed by atoms with E-state index in [0.717, 1.165) is 6.42 Å². The molecular weight excluding hydrogens is 288 g/mol. The van der Waals surface area contributed by atoms with E-state index in [2.05, 4.69) is 17.4 Å². The van der Waals surface area contributed by atoms with Crippen molar-refractivity contribution in [3.63, 3.8) is 0 Å². The summed E-state index contributed by atoms with van der Waals surface area (Å²) in [6.45, 7) is 3.84. The van der Waals surface area contributed by atoms with Gasteiger partial charge in [0.2, 0.25) is 5.91 Å². The van der Waals surface area contributed by atoms with Gasteiger partial charge >= 0.3 is 0 Å². The molecule has 1 aliphatic heterocycles. The van der Waals surface area contributed by atoms with Gasteiger partial charge in [-0.05, 0) is 18.9 Å². The van der Waals surface area contributed by atoms with Crippen LogP contribution in [0.15, 0.2) is 24.3 Å². The van der Waals surface area contributed by atoms with Crippen molar-refractivity contribution in [2.45, 2.75) is 13.3 Å². The monoisotopic (exact) mass is 310 g/mol. The van der Waals surface area contributed by atoms with Gasteiger partial charge in [0.25, 0.3) is 0 Å². The molecule has 5 nitrogen and oxygen atoms in total. The van der Waals surface area contributed by atoms with Crippen LogP contribution < -0.4 is 5.32 Å². The zero-order valence-corrected chi connectivity index (χ0v) is 13.2. The second-order valence-electron chi connectivity index (χ2n) is 5.52. The number of aryl methyl sites for hydroxylation is 1. The number of amides is 1. The van der Waals surface area contributed by atoms with Crippen molar-refractivity contribution in [1.82, 2.24) is 10.2 Å². The van der Waals surface area contributed by atoms with Gasteiger partial charge in [0, 0.05) is 19.6 Å². The zero-order valence-electron chi connectivity index (χ0n) is 12.3. The van der Waals surface area contributed by atoms with Gasteiger partial charge in [-0.3, -0.25) is 9.69 Å². The number of sulfone groups is 1. The third-order valence-electron chi connectivity index (χ3n) is 3.62. The maximum absolute atomic E-state index is 11.8. The lowest BCUT2D eigenvalue weighted by Gasteiger charge is -2.25. The molecule has 1 heterocycles. The Labute approximate surface area is 126 Å². The SMILES string of the molecule is Cc1cccc(CCNC(=O)CN2CCS(=O)(=O)CC2)c1. The molecule has 1 amide bonds. The molecule has 6 heteroatoms. The first-order valence-electron chi connectivity index (χ1n) is 7.20. The van der Waals surface area contributed by atoms with Crippen LogP contribution in [0, 0.1) is 6.92 Å². The first-order valence-corrected chi connectivity index (χ1v) is 9.02. The number of nitrogens with one attached hydrogen (secondary N) is 1. The topological polar surface area (TPSA) is 66.5 Å². The van der Waals surface area contributed by atoms with Crippen LogP contribution in [-0.2, 0) is 21.1 Å². The fourth-order valence-electron chi connectivity index (χ4n) is 2.38. The molecule has 0 aliphatic carbocycles. The molecule has 1 aromatic carbocycles. The highest BCUT2D eigenvalue weighted by atomic mass is 32.2. The number of carbonyl (C=O) groups excluding carboxylic acids is 1. The average molecular weight is 310 g/mol. The molecular formula is C15H22N2O3S. The molecule has 21 heavy (non-hydrogen) atoms. The minimum atomic E-state index is -2.88. The van der Waals surface area contributed by atoms with Gasteiger partial charge in [-0.15, -0.1) is 0 Å². The Hall–Kier alpha value is -1.40. The Balaban J connectivity index is 1.68. The molecule has 0 aromatic heterocycles. The summed E-state index contributed by atoms with van der Waals surface area (Å²) < 4.78 is 22.6. The normalized spacial score (nSPS) is 18.3. The fourth-order valence-corrected chi connectivity index (χ4v) is 3.66. The molecule has 0 bridgehead atoms. The average Bonchev–Trinajstić information content (AvgIpc) is 2.41. The number of nitrogens with zero attached hydrogens (tertiary/aromatic N) is 1. The molecule has 0 spiro atoms. The Morgan fingerprint density at radius 3 is 2.67 bits per heavy atom. The van der Waals surface area contributed by atoms with Crippen molar-refractivity contribution >= 4 is 15.7 Å². The Kier molecular flexibility index (Phi) is 5.36. The lowest BCUT2D eigenvalue weighted by Crippen LogP contribution is -2.45. The highest BCUT2D eigenvalue weighted by molar-refractivity contribution is 7.91. The molecule has 0 saturated carbocycles. The highest BCUT2D eigenvalue weighted by Gasteiger charge is 2.22. The molecule has 0 atom stereocenters. The van der Waals surface area contributed by atoms with E-state index in [-0.39, 0.29) is 24.0 Å². The van der Waals surface area contributed by atoms with Gasteiger partial charge in [-0.25, -0.2) is 8.42 Å². The van der Waals surface area contributed by atoms with E-state index >= 15 is 0 Å². The Bertz CT molecular complexity index is 585. The van der Waals surface area contributed by atoms with Crippen LogP contribution in [-0.4, -0.2) is 56.9 Å². The van der Waals surface area contributed by atoms with E-state index in [1.165, 1.54) is 11.1 Å². The van der Waals surface area contributed by atoms with Crippen LogP contribution in [0.4, 0.5) is 0 Å². The predicted octanol–water partition coefficient (Wildman–Crippen LogP) is 0.384. The van der Waals surface area contributed by atoms with Gasteiger partial charge < -0.3 is 5.32 Å². The van der Waals surface area contributed by atoms with Gasteiger partial charge in [-0.1, -0.05) is 29.8 Å². The minimum Gasteiger partial charge on any atom is -0.355 e. The summed E-state index contributed by atoms with van der Waals surface area (Å²) in [7, 11) is -2.88. The zero-order chi connectivity index (χ0) is 15.3. The van der Waals surface area contributed by atoms with Crippen molar-refractivity contribution in [3.05, 3.63) is 35.4 Å². The molecule has 1 saturated heterocycles. The Morgan fingerprint density at radius 1 is 1.29 bits per heavy atom. The van der Waals surface area contributed by atoms with Crippen LogP contribution in [0.25, 0.3) is 0 Å². The third-order valence-corrected chi connectivity index (χ3v) is 5.23. The summed E-state index contributed by atoms with van der Waals surface area (Å²) in [4.78, 5) is 13.7. The number of hydrogen-bond acceptors (Lipinski definition) is 4. The largest absolute Gasteiger partial charge is 0.355 e. The molecule has 0 unspecified atom stereocenters. The van der Waals surface area contributed by atoms with Crippen LogP contribution in [0.1, 0.15) is 11.1 Å². The van der Waals surface area contributed by atoms with Crippen LogP contribution >= 0.6 is 0 Å². The van der Waals surface area contributed by atoms with Crippen molar-refractivity contribution in [3.8, 4) is 0 Å². The van der Waals surface area contributed by atoms with Crippen molar-refractivity contribution in [2.24, 2.45) is 0 Å². The summed E-state index contributed by atoms with van der Waals surface area (Å²) in [5.41, 5.74) is 2.42. The highest BCUT2D eigenvalue weighted by Crippen LogP contribution is 2.04. The third kappa shape index (κ3) is 5.47. The van der Waals surface area contributed by atoms with Gasteiger partial charge in [0.15, 0.2) is 9.84 Å². The van der Waals surface area contributed by atoms with Crippen molar-refractivity contribution in [1.29, 1.82) is 0 Å². The van der Waals surface area contributed by atoms with Gasteiger partial charge in [0.1, 0.15) is 0 Å². The first kappa shape index (κ1) is 16.0. The number of rotatable bonds is 5. The lowest BCUT2D eigenvalue weighted by atomic mass is 10.1. The molecule has 1 fully saturated rings. The first-order chi connectivity index (χ1) is 9.94. The van der Waals surface area contributed by atoms with Crippen LogP contribution in [0.2, 0.25) is 0 Å². The molecule has 1 aliphatic rings. The quantitative estimate of drug-likeness (QED) is 0.854. The minimum absolute atomic E-state index is 0.0399. The predicted molar refractivity (Wildman–Crippen MR) is 83.0 cm³/mol. The molecule has 0 radical (unpaired) electrons. The lowest BCUT2D eigenvalue weighted by molar-refractivity contribution is -0.122. The van der Waals surface area contributed by atoms with E-state index in [9.17, 15) is 13.2 Å². The molecule has 2 rings (SSSR count). The number of carbonyl (C=O) groups is 1. The maximum Gasteiger partial charge on any atom is 0.234 e. The smallest absolute Gasteiger partial charge is 0.234 e. The van der Waals surface area contributed by atoms with E-state index in [1.807, 2.05) is 24.0 Å². The van der Waals surface area contributed by atoms with E-state index in [4.69, 9.17) is 0 Å². The summed E-state index contributed by atoms with van der Waals surface area (Å²) in [5.74, 6) is 0.273. The van der Waals surface area contributed by atoms with Crippen molar-refractivity contribution < 1.29 is 13.2 Å². The van der Waals surface area contributed by atoms with Crippen molar-refractivity contribution in [2.75, 3.05) is 37.7 Å². The Morgan fingerprint density at radius 2 is 2.00 bits per heavy atom. The standard InChI is InChI=1S/C15H22N2O3S/c1-13-3-2-4-14(11-13)5-6-16-15(18)12-17-7-9-21(19,20)10-8-17/h2-4,11H,5-10,12H2,1H3,(H,16,18). The van der Waals surface area contributed by atoms with Gasteiger partial charge in [-0.2, -0.15) is 0 Å². The molecule has 1 N–H and O–H groups in total.